The molecule has 3 heteroatoms. The van der Waals surface area contributed by atoms with E-state index in [-0.39, 0.29) is 6.04 Å². The van der Waals surface area contributed by atoms with Gasteiger partial charge in [-0.3, -0.25) is 4.99 Å². The van der Waals surface area contributed by atoms with Crippen molar-refractivity contribution >= 4 is 33.0 Å². The number of rotatable bonds is 2. The predicted octanol–water partition coefficient (Wildman–Crippen LogP) is 6.44. The quantitative estimate of drug-likeness (QED) is 0.535. The Balaban J connectivity index is 1.78. The number of halogens is 1. The Hall–Kier alpha value is -2.39. The fourth-order valence-corrected chi connectivity index (χ4v) is 3.41. The fourth-order valence-electron chi connectivity index (χ4n) is 3.14. The highest BCUT2D eigenvalue weighted by atomic mass is 79.9. The first-order valence-electron chi connectivity index (χ1n) is 8.45. The van der Waals surface area contributed by atoms with E-state index in [4.69, 9.17) is 4.99 Å². The first-order valence-corrected chi connectivity index (χ1v) is 9.24. The van der Waals surface area contributed by atoms with E-state index in [1.165, 1.54) is 16.7 Å². The minimum Gasteiger partial charge on any atom is -0.376 e. The summed E-state index contributed by atoms with van der Waals surface area (Å²) in [5, 5.41) is 3.68. The molecule has 1 heterocycles. The minimum atomic E-state index is 0.191. The van der Waals surface area contributed by atoms with Gasteiger partial charge in [0, 0.05) is 10.9 Å². The van der Waals surface area contributed by atoms with Crippen molar-refractivity contribution in [3.63, 3.8) is 0 Å². The van der Waals surface area contributed by atoms with E-state index < -0.39 is 0 Å². The maximum Gasteiger partial charge on any atom is 0.0864 e. The molecule has 1 atom stereocenters. The van der Waals surface area contributed by atoms with Crippen LogP contribution in [0, 0.1) is 6.92 Å². The van der Waals surface area contributed by atoms with Gasteiger partial charge in [-0.15, -0.1) is 0 Å². The van der Waals surface area contributed by atoms with Crippen LogP contribution in [0.25, 0.3) is 0 Å². The van der Waals surface area contributed by atoms with Gasteiger partial charge >= 0.3 is 0 Å². The van der Waals surface area contributed by atoms with Crippen molar-refractivity contribution in [1.82, 2.24) is 0 Å². The van der Waals surface area contributed by atoms with Gasteiger partial charge in [-0.05, 0) is 42.3 Å². The zero-order chi connectivity index (χ0) is 17.2. The molecule has 1 aliphatic rings. The number of aryl methyl sites for hydroxylation is 1. The highest BCUT2D eigenvalue weighted by Crippen LogP contribution is 2.35. The molecule has 0 aliphatic carbocycles. The van der Waals surface area contributed by atoms with Crippen molar-refractivity contribution in [3.05, 3.63) is 94.0 Å². The molecule has 1 N–H and O–H groups in total. The summed E-state index contributed by atoms with van der Waals surface area (Å²) in [5.74, 6) is 0. The molecule has 0 bridgehead atoms. The van der Waals surface area contributed by atoms with Gasteiger partial charge in [-0.1, -0.05) is 70.0 Å². The van der Waals surface area contributed by atoms with Crippen molar-refractivity contribution in [2.45, 2.75) is 19.4 Å². The van der Waals surface area contributed by atoms with Crippen molar-refractivity contribution in [2.24, 2.45) is 4.99 Å². The maximum atomic E-state index is 4.98. The van der Waals surface area contributed by atoms with Crippen LogP contribution < -0.4 is 5.32 Å². The van der Waals surface area contributed by atoms with Crippen LogP contribution >= 0.6 is 15.9 Å². The Morgan fingerprint density at radius 2 is 1.64 bits per heavy atom. The van der Waals surface area contributed by atoms with Crippen LogP contribution in [0.15, 0.2) is 82.3 Å². The summed E-state index contributed by atoms with van der Waals surface area (Å²) in [7, 11) is 0. The number of hydrogen-bond donors (Lipinski definition) is 1. The molecule has 2 nitrogen and oxygen atoms in total. The van der Waals surface area contributed by atoms with E-state index in [0.717, 1.165) is 28.0 Å². The van der Waals surface area contributed by atoms with Crippen LogP contribution in [0.4, 0.5) is 11.4 Å². The van der Waals surface area contributed by atoms with Crippen LogP contribution in [0.3, 0.4) is 0 Å². The van der Waals surface area contributed by atoms with Crippen molar-refractivity contribution in [3.8, 4) is 0 Å². The highest BCUT2D eigenvalue weighted by molar-refractivity contribution is 9.10. The Morgan fingerprint density at radius 3 is 2.40 bits per heavy atom. The van der Waals surface area contributed by atoms with Crippen molar-refractivity contribution in [2.75, 3.05) is 5.32 Å². The summed E-state index contributed by atoms with van der Waals surface area (Å²) in [4.78, 5) is 4.98. The summed E-state index contributed by atoms with van der Waals surface area (Å²) in [6, 6.07) is 25.6. The lowest BCUT2D eigenvalue weighted by atomic mass is 9.97. The third-order valence-electron chi connectivity index (χ3n) is 4.54. The summed E-state index contributed by atoms with van der Waals surface area (Å²) < 4.78 is 1.10. The molecule has 0 saturated heterocycles. The normalized spacial score (nSPS) is 16.4. The lowest BCUT2D eigenvalue weighted by Crippen LogP contribution is -2.14. The average Bonchev–Trinajstić information content (AvgIpc) is 2.82. The number of nitrogens with zero attached hydrogens (tertiary/aromatic N) is 1. The van der Waals surface area contributed by atoms with Gasteiger partial charge in [0.1, 0.15) is 0 Å². The summed E-state index contributed by atoms with van der Waals surface area (Å²) in [5.41, 5.74) is 6.91. The lowest BCUT2D eigenvalue weighted by molar-refractivity contribution is 0.828. The molecule has 1 aliphatic heterocycles. The third-order valence-corrected chi connectivity index (χ3v) is 5.07. The first kappa shape index (κ1) is 16.1. The van der Waals surface area contributed by atoms with E-state index >= 15 is 0 Å². The number of anilines is 1. The number of aliphatic imine (C=N–C) groups is 1. The van der Waals surface area contributed by atoms with Crippen LogP contribution in [-0.2, 0) is 0 Å². The molecule has 0 aromatic heterocycles. The van der Waals surface area contributed by atoms with Gasteiger partial charge in [-0.25, -0.2) is 0 Å². The molecule has 4 rings (SSSR count). The first-order chi connectivity index (χ1) is 12.2. The second-order valence-electron chi connectivity index (χ2n) is 6.39. The Kier molecular flexibility index (Phi) is 4.41. The number of hydrogen-bond acceptors (Lipinski definition) is 2. The Bertz CT molecular complexity index is 912. The van der Waals surface area contributed by atoms with Gasteiger partial charge in [-0.2, -0.15) is 0 Å². The summed E-state index contributed by atoms with van der Waals surface area (Å²) >= 11 is 3.52. The fraction of sp³-hybridized carbons (Fsp3) is 0.136. The summed E-state index contributed by atoms with van der Waals surface area (Å²) in [6.45, 7) is 2.11. The number of benzene rings is 3. The van der Waals surface area contributed by atoms with Gasteiger partial charge in [0.15, 0.2) is 0 Å². The van der Waals surface area contributed by atoms with E-state index in [9.17, 15) is 0 Å². The van der Waals surface area contributed by atoms with Gasteiger partial charge in [0.05, 0.1) is 23.1 Å². The molecule has 3 aromatic rings. The van der Waals surface area contributed by atoms with Crippen molar-refractivity contribution < 1.29 is 0 Å². The van der Waals surface area contributed by atoms with E-state index in [2.05, 4.69) is 94.9 Å². The monoisotopic (exact) mass is 390 g/mol. The minimum absolute atomic E-state index is 0.191. The van der Waals surface area contributed by atoms with Crippen LogP contribution in [0.2, 0.25) is 0 Å². The zero-order valence-corrected chi connectivity index (χ0v) is 15.6. The van der Waals surface area contributed by atoms with Crippen molar-refractivity contribution in [1.29, 1.82) is 0 Å². The Labute approximate surface area is 156 Å². The van der Waals surface area contributed by atoms with Crippen LogP contribution in [-0.4, -0.2) is 5.71 Å². The van der Waals surface area contributed by atoms with Gasteiger partial charge < -0.3 is 5.32 Å². The predicted molar refractivity (Wildman–Crippen MR) is 109 cm³/mol. The Morgan fingerprint density at radius 1 is 0.920 bits per heavy atom. The standard InChI is InChI=1S/C22H19BrN2/c1-15-6-8-16(9-7-15)21-14-22(17-10-12-18(23)13-11-17)25-20-5-3-2-4-19(20)24-21/h2-13,22,25H,14H2,1H3. The van der Waals surface area contributed by atoms with E-state index in [1.54, 1.807) is 0 Å². The molecule has 0 fully saturated rings. The topological polar surface area (TPSA) is 24.4 Å². The molecule has 25 heavy (non-hydrogen) atoms. The number of fused-ring (bicyclic) bond motifs is 1. The molecule has 0 radical (unpaired) electrons. The largest absolute Gasteiger partial charge is 0.376 e. The van der Waals surface area contributed by atoms with Crippen LogP contribution in [0.1, 0.15) is 29.2 Å². The van der Waals surface area contributed by atoms with Gasteiger partial charge in [0.2, 0.25) is 0 Å². The van der Waals surface area contributed by atoms with Crippen LogP contribution in [0.5, 0.6) is 0 Å². The molecule has 1 unspecified atom stereocenters. The lowest BCUT2D eigenvalue weighted by Gasteiger charge is -2.19. The summed E-state index contributed by atoms with van der Waals surface area (Å²) in [6.07, 6.45) is 0.847. The highest BCUT2D eigenvalue weighted by Gasteiger charge is 2.20. The smallest absolute Gasteiger partial charge is 0.0864 e. The second-order valence-corrected chi connectivity index (χ2v) is 7.31. The molecular formula is C22H19BrN2. The second kappa shape index (κ2) is 6.85. The molecule has 0 saturated carbocycles. The van der Waals surface area contributed by atoms with E-state index in [1.807, 2.05) is 6.07 Å². The maximum absolute atomic E-state index is 4.98. The van der Waals surface area contributed by atoms with E-state index in [0.29, 0.717) is 0 Å². The zero-order valence-electron chi connectivity index (χ0n) is 14.0. The SMILES string of the molecule is Cc1ccc(C2=Nc3ccccc3NC(c3ccc(Br)cc3)C2)cc1. The molecular weight excluding hydrogens is 372 g/mol. The number of nitrogens with one attached hydrogen (secondary N) is 1. The molecule has 3 aromatic carbocycles. The molecule has 0 amide bonds. The number of para-hydroxylation sites is 2. The molecule has 0 spiro atoms. The molecule has 124 valence electrons. The van der Waals surface area contributed by atoms with Gasteiger partial charge in [0.25, 0.3) is 0 Å². The average molecular weight is 391 g/mol. The third kappa shape index (κ3) is 3.52.